The number of benzene rings is 2. The molecule has 2 aliphatic rings. The van der Waals surface area contributed by atoms with Crippen LogP contribution in [-0.4, -0.2) is 64.0 Å². The number of nitrogens with two attached hydrogens (primary N) is 1. The predicted molar refractivity (Wildman–Crippen MR) is 176 cm³/mol. The summed E-state index contributed by atoms with van der Waals surface area (Å²) in [6, 6.07) is 7.32. The first-order chi connectivity index (χ1) is 22.5. The number of ether oxygens (including phenoxy) is 2. The second kappa shape index (κ2) is 14.0. The molecule has 0 saturated carbocycles. The van der Waals surface area contributed by atoms with Gasteiger partial charge in [0, 0.05) is 42.3 Å². The number of fused-ring (bicyclic) bond motifs is 2. The zero-order valence-corrected chi connectivity index (χ0v) is 26.6. The first kappa shape index (κ1) is 33.7. The summed E-state index contributed by atoms with van der Waals surface area (Å²) in [5.41, 5.74) is 5.92. The number of dihydropyridines is 1. The molecule has 2 aliphatic heterocycles. The molecule has 12 nitrogen and oxygen atoms in total. The van der Waals surface area contributed by atoms with Gasteiger partial charge in [-0.25, -0.2) is 4.79 Å². The highest BCUT2D eigenvalue weighted by Gasteiger charge is 2.51. The number of likely N-dealkylation sites (N-methyl/N-ethyl adjacent to an activating group) is 1. The van der Waals surface area contributed by atoms with Crippen molar-refractivity contribution in [1.29, 1.82) is 0 Å². The minimum Gasteiger partial charge on any atom is -0.508 e. The van der Waals surface area contributed by atoms with Crippen LogP contribution in [0.1, 0.15) is 38.5 Å². The molecule has 3 aromatic rings. The van der Waals surface area contributed by atoms with Gasteiger partial charge < -0.3 is 50.7 Å². The third-order valence-corrected chi connectivity index (χ3v) is 8.81. The summed E-state index contributed by atoms with van der Waals surface area (Å²) in [5, 5.41) is 48.8. The number of aliphatic hydroxyl groups excluding tert-OH is 2. The first-order valence-corrected chi connectivity index (χ1v) is 15.5. The van der Waals surface area contributed by atoms with E-state index in [1.165, 1.54) is 12.1 Å². The largest absolute Gasteiger partial charge is 0.508 e. The number of rotatable bonds is 11. The minimum atomic E-state index is -1.40. The molecule has 3 heterocycles. The number of phenols is 2. The third-order valence-electron chi connectivity index (χ3n) is 8.81. The minimum absolute atomic E-state index is 0.0387. The summed E-state index contributed by atoms with van der Waals surface area (Å²) in [6.45, 7) is 5.34. The first-order valence-electron chi connectivity index (χ1n) is 15.5. The van der Waals surface area contributed by atoms with Crippen molar-refractivity contribution in [1.82, 2.24) is 10.6 Å². The van der Waals surface area contributed by atoms with Gasteiger partial charge in [0.15, 0.2) is 11.0 Å². The average molecular weight is 648 g/mol. The molecule has 0 amide bonds. The molecule has 0 fully saturated rings. The van der Waals surface area contributed by atoms with Crippen molar-refractivity contribution in [3.8, 4) is 28.4 Å². The Morgan fingerprint density at radius 2 is 2.06 bits per heavy atom. The second-order valence-electron chi connectivity index (χ2n) is 11.9. The van der Waals surface area contributed by atoms with Crippen LogP contribution < -0.4 is 26.5 Å². The van der Waals surface area contributed by atoms with Crippen molar-refractivity contribution in [2.24, 2.45) is 11.7 Å². The molecule has 47 heavy (non-hydrogen) atoms. The second-order valence-corrected chi connectivity index (χ2v) is 11.9. The van der Waals surface area contributed by atoms with Crippen LogP contribution in [0.15, 0.2) is 75.1 Å². The summed E-state index contributed by atoms with van der Waals surface area (Å²) >= 11 is 0. The molecule has 1 aromatic heterocycles. The maximum atomic E-state index is 13.6. The number of hydrogen-bond donors (Lipinski definition) is 7. The van der Waals surface area contributed by atoms with E-state index >= 15 is 0 Å². The molecular weight excluding hydrogens is 606 g/mol. The van der Waals surface area contributed by atoms with Crippen LogP contribution in [0.4, 0.5) is 0 Å². The highest BCUT2D eigenvalue weighted by atomic mass is 16.6. The summed E-state index contributed by atoms with van der Waals surface area (Å²) in [5.74, 6) is -1.66. The zero-order chi connectivity index (χ0) is 33.9. The van der Waals surface area contributed by atoms with E-state index in [0.29, 0.717) is 24.1 Å². The lowest BCUT2D eigenvalue weighted by atomic mass is 9.75. The molecule has 0 bridgehead atoms. The number of aromatic hydroxyl groups is 2. The standard InChI is InChI=1S/C35H41N3O9/c1-4-20(16-37-5-2)34(44)46-27-14-25-31(43)30-26(42)13-24(18-40)45-33(30)29(21-7-6-8-23(41)12-21)32(25)47-35(27,3)22(17-39)11-19-9-10-28(36)38-15-19/h4,6-10,12-13,15,22,27-28,37-41,43H,5,11,14,16-18,36H2,1-3H3/b20-4-/t22-,27+,28?,35-/m0/s1. The molecule has 0 radical (unpaired) electrons. The molecule has 1 unspecified atom stereocenters. The van der Waals surface area contributed by atoms with Gasteiger partial charge in [0.25, 0.3) is 0 Å². The van der Waals surface area contributed by atoms with Gasteiger partial charge in [-0.05, 0) is 56.2 Å². The molecular formula is C35H41N3O9. The fourth-order valence-corrected chi connectivity index (χ4v) is 6.09. The van der Waals surface area contributed by atoms with Gasteiger partial charge in [-0.2, -0.15) is 0 Å². The van der Waals surface area contributed by atoms with E-state index in [0.717, 1.165) is 11.6 Å². The van der Waals surface area contributed by atoms with Gasteiger partial charge in [-0.1, -0.05) is 31.2 Å². The maximum Gasteiger partial charge on any atom is 0.335 e. The van der Waals surface area contributed by atoms with Crippen LogP contribution in [0.2, 0.25) is 0 Å². The number of phenolic OH excluding ortho intramolecular Hbond substituents is 2. The topological polar surface area (TPSA) is 197 Å². The maximum absolute atomic E-state index is 13.6. The summed E-state index contributed by atoms with van der Waals surface area (Å²) in [4.78, 5) is 26.9. The van der Waals surface area contributed by atoms with E-state index in [9.17, 15) is 30.0 Å². The summed E-state index contributed by atoms with van der Waals surface area (Å²) < 4.78 is 19.0. The molecule has 2 aromatic carbocycles. The lowest BCUT2D eigenvalue weighted by Gasteiger charge is -2.46. The van der Waals surface area contributed by atoms with Crippen molar-refractivity contribution in [3.05, 3.63) is 87.5 Å². The monoisotopic (exact) mass is 647 g/mol. The van der Waals surface area contributed by atoms with E-state index in [-0.39, 0.29) is 65.1 Å². The molecule has 5 rings (SSSR count). The Kier molecular flexibility index (Phi) is 10.1. The smallest absolute Gasteiger partial charge is 0.335 e. The van der Waals surface area contributed by atoms with Gasteiger partial charge >= 0.3 is 5.97 Å². The quantitative estimate of drug-likeness (QED) is 0.119. The molecule has 8 N–H and O–H groups in total. The zero-order valence-electron chi connectivity index (χ0n) is 26.6. The lowest BCUT2D eigenvalue weighted by molar-refractivity contribution is -0.166. The number of esters is 1. The Morgan fingerprint density at radius 1 is 1.28 bits per heavy atom. The average Bonchev–Trinajstić information content (AvgIpc) is 3.05. The number of hydrogen-bond acceptors (Lipinski definition) is 12. The lowest BCUT2D eigenvalue weighted by Crippen LogP contribution is -2.57. The fraction of sp³-hybridized carbons (Fsp3) is 0.371. The van der Waals surface area contributed by atoms with E-state index < -0.39 is 41.4 Å². The Bertz CT molecular complexity index is 1810. The molecule has 12 heteroatoms. The van der Waals surface area contributed by atoms with Crippen LogP contribution in [0.25, 0.3) is 22.1 Å². The summed E-state index contributed by atoms with van der Waals surface area (Å²) in [7, 11) is 0. The SMILES string of the molecule is C/C=C(/CNCC)C(=O)O[C@@H]1Cc2c(c(-c3cccc(O)c3)c3oc(CO)cc(=O)c3c2O)O[C@@]1(C)[C@H](CO)CC1=CNC(N)C=C1. The Hall–Kier alpha value is -4.62. The number of nitrogens with one attached hydrogen (secondary N) is 2. The van der Waals surface area contributed by atoms with Crippen molar-refractivity contribution in [2.45, 2.75) is 58.1 Å². The van der Waals surface area contributed by atoms with Crippen molar-refractivity contribution in [3.63, 3.8) is 0 Å². The molecule has 0 spiro atoms. The highest BCUT2D eigenvalue weighted by Crippen LogP contribution is 2.52. The van der Waals surface area contributed by atoms with Crippen molar-refractivity contribution < 1.29 is 39.1 Å². The Morgan fingerprint density at radius 3 is 2.70 bits per heavy atom. The Labute approximate surface area is 271 Å². The molecule has 0 aliphatic carbocycles. The van der Waals surface area contributed by atoms with Crippen molar-refractivity contribution >= 4 is 16.9 Å². The van der Waals surface area contributed by atoms with Crippen LogP contribution in [0.3, 0.4) is 0 Å². The number of allylic oxidation sites excluding steroid dienone is 3. The summed E-state index contributed by atoms with van der Waals surface area (Å²) in [6.07, 6.45) is 5.86. The van der Waals surface area contributed by atoms with E-state index in [1.54, 1.807) is 44.3 Å². The highest BCUT2D eigenvalue weighted by molar-refractivity contribution is 6.01. The van der Waals surface area contributed by atoms with Crippen LogP contribution in [-0.2, 0) is 22.6 Å². The molecule has 250 valence electrons. The number of carbonyl (C=O) groups excluding carboxylic acids is 1. The Balaban J connectivity index is 1.73. The number of carbonyl (C=O) groups is 1. The van der Waals surface area contributed by atoms with E-state index in [4.69, 9.17) is 19.6 Å². The van der Waals surface area contributed by atoms with E-state index in [1.807, 2.05) is 13.0 Å². The third kappa shape index (κ3) is 6.63. The van der Waals surface area contributed by atoms with Gasteiger partial charge in [0.1, 0.15) is 46.7 Å². The van der Waals surface area contributed by atoms with Gasteiger partial charge in [0.05, 0.1) is 18.3 Å². The van der Waals surface area contributed by atoms with Crippen LogP contribution in [0.5, 0.6) is 17.2 Å². The normalized spacial score (nSPS) is 21.4. The molecule has 4 atom stereocenters. The van der Waals surface area contributed by atoms with Gasteiger partial charge in [0.2, 0.25) is 0 Å². The van der Waals surface area contributed by atoms with Crippen LogP contribution >= 0.6 is 0 Å². The van der Waals surface area contributed by atoms with Crippen LogP contribution in [0, 0.1) is 5.92 Å². The number of aliphatic hydroxyl groups is 2. The predicted octanol–water partition coefficient (Wildman–Crippen LogP) is 2.85. The van der Waals surface area contributed by atoms with Gasteiger partial charge in [-0.15, -0.1) is 0 Å². The molecule has 0 saturated heterocycles. The fourth-order valence-electron chi connectivity index (χ4n) is 6.09. The van der Waals surface area contributed by atoms with E-state index in [2.05, 4.69) is 10.6 Å². The van der Waals surface area contributed by atoms with Gasteiger partial charge in [-0.3, -0.25) is 4.79 Å². The van der Waals surface area contributed by atoms with Crippen molar-refractivity contribution in [2.75, 3.05) is 19.7 Å².